The molecule has 3 heteroatoms. The maximum Gasteiger partial charge on any atom is 0.162 e. The fourth-order valence-corrected chi connectivity index (χ4v) is 5.18. The van der Waals surface area contributed by atoms with Crippen molar-refractivity contribution in [3.8, 4) is 6.42 Å². The second-order valence-electron chi connectivity index (χ2n) is 8.36. The predicted octanol–water partition coefficient (Wildman–Crippen LogP) is 8.86. The molecule has 1 aromatic rings. The van der Waals surface area contributed by atoms with Gasteiger partial charge < -0.3 is 19.8 Å². The minimum absolute atomic E-state index is 0. The number of benzene rings is 1. The van der Waals surface area contributed by atoms with Crippen molar-refractivity contribution < 1.29 is 44.3 Å². The number of hydrogen-bond donors (Lipinski definition) is 0. The van der Waals surface area contributed by atoms with E-state index < -0.39 is 11.6 Å². The van der Waals surface area contributed by atoms with Crippen LogP contribution < -0.4 is 0 Å². The predicted molar refractivity (Wildman–Crippen MR) is 124 cm³/mol. The van der Waals surface area contributed by atoms with Crippen molar-refractivity contribution in [2.75, 3.05) is 0 Å². The van der Waals surface area contributed by atoms with Gasteiger partial charge in [0, 0.05) is 35.6 Å². The molecular weight excluding hydrogens is 451 g/mol. The van der Waals surface area contributed by atoms with E-state index in [0.29, 0.717) is 11.1 Å². The number of terminal acetylenes is 1. The SMILES string of the molecule is C=CCCC1CCC(C2CCC(c3ccc(C)c(F)c3F)CC2)CC1.[C-]#C.[CH2-]C.[HH].[HH].[Y]. The summed E-state index contributed by atoms with van der Waals surface area (Å²) in [5, 5.41) is 0. The molecule has 0 aromatic heterocycles. The monoisotopic (exact) mass is 493 g/mol. The van der Waals surface area contributed by atoms with Crippen molar-refractivity contribution in [2.45, 2.75) is 84.0 Å². The summed E-state index contributed by atoms with van der Waals surface area (Å²) in [6, 6.07) is 3.54. The Bertz CT molecular complexity index is 632. The van der Waals surface area contributed by atoms with E-state index in [9.17, 15) is 8.78 Å². The van der Waals surface area contributed by atoms with Crippen LogP contribution in [0.3, 0.4) is 0 Å². The molecule has 1 aromatic carbocycles. The molecule has 2 fully saturated rings. The summed E-state index contributed by atoms with van der Waals surface area (Å²) >= 11 is 0. The number of rotatable bonds is 5. The Kier molecular flexibility index (Phi) is 15.9. The van der Waals surface area contributed by atoms with Gasteiger partial charge in [-0.1, -0.05) is 31.1 Å². The molecule has 0 heterocycles. The van der Waals surface area contributed by atoms with Crippen LogP contribution >= 0.6 is 0 Å². The summed E-state index contributed by atoms with van der Waals surface area (Å²) in [4.78, 5) is 0. The molecule has 0 saturated heterocycles. The van der Waals surface area contributed by atoms with Gasteiger partial charge in [-0.25, -0.2) is 8.78 Å². The van der Waals surface area contributed by atoms with E-state index >= 15 is 0 Å². The van der Waals surface area contributed by atoms with Crippen LogP contribution in [0, 0.1) is 56.1 Å². The second kappa shape index (κ2) is 16.2. The van der Waals surface area contributed by atoms with Gasteiger partial charge in [0.15, 0.2) is 11.6 Å². The average Bonchev–Trinajstić information content (AvgIpc) is 2.79. The van der Waals surface area contributed by atoms with Crippen molar-refractivity contribution in [1.29, 1.82) is 0 Å². The van der Waals surface area contributed by atoms with Gasteiger partial charge in [0.05, 0.1) is 0 Å². The Morgan fingerprint density at radius 2 is 1.50 bits per heavy atom. The van der Waals surface area contributed by atoms with Crippen molar-refractivity contribution in [2.24, 2.45) is 17.8 Å². The number of halogens is 2. The first kappa shape index (κ1) is 29.5. The van der Waals surface area contributed by atoms with Crippen molar-refractivity contribution in [3.63, 3.8) is 0 Å². The molecule has 0 unspecified atom stereocenters. The first-order chi connectivity index (χ1) is 14.1. The number of hydrogen-bond acceptors (Lipinski definition) is 0. The molecule has 30 heavy (non-hydrogen) atoms. The van der Waals surface area contributed by atoms with Crippen molar-refractivity contribution >= 4 is 0 Å². The van der Waals surface area contributed by atoms with E-state index in [2.05, 4.69) is 19.9 Å². The molecule has 0 atom stereocenters. The van der Waals surface area contributed by atoms with Gasteiger partial charge in [0.2, 0.25) is 0 Å². The smallest absolute Gasteiger partial charge is 0.162 e. The van der Waals surface area contributed by atoms with Gasteiger partial charge in [-0.3, -0.25) is 0 Å². The van der Waals surface area contributed by atoms with Gasteiger partial charge in [-0.2, -0.15) is 6.92 Å². The van der Waals surface area contributed by atoms with E-state index in [1.54, 1.807) is 19.9 Å². The zero-order valence-corrected chi connectivity index (χ0v) is 21.8. The zero-order chi connectivity index (χ0) is 21.8. The topological polar surface area (TPSA) is 0 Å². The van der Waals surface area contributed by atoms with Gasteiger partial charge in [-0.05, 0) is 93.1 Å². The summed E-state index contributed by atoms with van der Waals surface area (Å²) in [5.74, 6) is 1.50. The largest absolute Gasteiger partial charge is 0.697 e. The van der Waals surface area contributed by atoms with Crippen molar-refractivity contribution in [1.82, 2.24) is 0 Å². The molecule has 0 N–H and O–H groups in total. The Morgan fingerprint density at radius 1 is 1.00 bits per heavy atom. The van der Waals surface area contributed by atoms with E-state index in [-0.39, 0.29) is 41.5 Å². The quantitative estimate of drug-likeness (QED) is 0.218. The Hall–Kier alpha value is -0.516. The van der Waals surface area contributed by atoms with Crippen LogP contribution in [0.4, 0.5) is 8.78 Å². The second-order valence-corrected chi connectivity index (χ2v) is 8.36. The van der Waals surface area contributed by atoms with Gasteiger partial charge in [0.1, 0.15) is 0 Å². The molecule has 1 radical (unpaired) electrons. The molecule has 0 nitrogen and oxygen atoms in total. The Morgan fingerprint density at radius 3 is 2.00 bits per heavy atom. The normalized spacial score (nSPS) is 25.4. The van der Waals surface area contributed by atoms with Crippen LogP contribution in [-0.4, -0.2) is 0 Å². The van der Waals surface area contributed by atoms with E-state index in [1.165, 1.54) is 44.9 Å². The maximum atomic E-state index is 14.3. The Balaban J connectivity index is -0.00000114. The molecule has 0 amide bonds. The minimum Gasteiger partial charge on any atom is -0.697 e. The molecule has 2 aliphatic carbocycles. The Labute approximate surface area is 212 Å². The van der Waals surface area contributed by atoms with Crippen LogP contribution in [0.1, 0.15) is 91.0 Å². The zero-order valence-electron chi connectivity index (χ0n) is 18.9. The van der Waals surface area contributed by atoms with Crippen molar-refractivity contribution in [3.05, 3.63) is 60.9 Å². The fraction of sp³-hybridized carbons (Fsp3) is 0.593. The molecule has 0 aliphatic heterocycles. The molecule has 169 valence electrons. The van der Waals surface area contributed by atoms with E-state index in [0.717, 1.165) is 37.0 Å². The molecule has 2 saturated carbocycles. The summed E-state index contributed by atoms with van der Waals surface area (Å²) in [6.45, 7) is 10.5. The van der Waals surface area contributed by atoms with E-state index in [1.807, 2.05) is 12.1 Å². The minimum atomic E-state index is -0.655. The van der Waals surface area contributed by atoms with E-state index in [4.69, 9.17) is 6.42 Å². The third-order valence-corrected chi connectivity index (χ3v) is 6.85. The third-order valence-electron chi connectivity index (χ3n) is 6.85. The van der Waals surface area contributed by atoms with Crippen LogP contribution in [-0.2, 0) is 32.7 Å². The average molecular weight is 494 g/mol. The number of aryl methyl sites for hydroxylation is 1. The fourth-order valence-electron chi connectivity index (χ4n) is 5.18. The molecule has 0 bridgehead atoms. The van der Waals surface area contributed by atoms with Gasteiger partial charge >= 0.3 is 0 Å². The molecular formula is C27H42F2Y-2. The number of allylic oxidation sites excluding steroid dienone is 1. The van der Waals surface area contributed by atoms with Crippen LogP contribution in [0.2, 0.25) is 0 Å². The first-order valence-electron chi connectivity index (χ1n) is 11.1. The van der Waals surface area contributed by atoms with Gasteiger partial charge in [0.25, 0.3) is 0 Å². The molecule has 2 aliphatic rings. The van der Waals surface area contributed by atoms with Crippen LogP contribution in [0.25, 0.3) is 0 Å². The van der Waals surface area contributed by atoms with Gasteiger partial charge in [-0.15, -0.1) is 6.58 Å². The van der Waals surface area contributed by atoms with Crippen LogP contribution in [0.15, 0.2) is 24.8 Å². The summed E-state index contributed by atoms with van der Waals surface area (Å²) in [7, 11) is 0. The summed E-state index contributed by atoms with van der Waals surface area (Å²) < 4.78 is 28.1. The summed E-state index contributed by atoms with van der Waals surface area (Å²) in [6.07, 6.45) is 23.4. The first-order valence-corrected chi connectivity index (χ1v) is 11.1. The summed E-state index contributed by atoms with van der Waals surface area (Å²) in [5.41, 5.74) is 1.01. The maximum absolute atomic E-state index is 14.3. The molecule has 0 spiro atoms. The third kappa shape index (κ3) is 8.20. The standard InChI is InChI=1S/C23H32F2.C2H5.C2H.Y.2H2/c1-3-4-5-17-7-9-18(10-8-17)19-11-13-20(14-12-19)21-15-6-16(2)22(24)23(21)25;2*1-2;;;/h3,6,15,17-20H,1,4-5,7-14H2,2H3;1H2,2H3;1H;;2*1H/q;2*-1;;;. The molecule has 3 rings (SSSR count). The van der Waals surface area contributed by atoms with Crippen LogP contribution in [0.5, 0.6) is 0 Å².